The van der Waals surface area contributed by atoms with Gasteiger partial charge in [-0.1, -0.05) is 0 Å². The van der Waals surface area contributed by atoms with Gasteiger partial charge >= 0.3 is 0 Å². The third-order valence-corrected chi connectivity index (χ3v) is 3.56. The minimum atomic E-state index is -0.245. The molecule has 0 radical (unpaired) electrons. The molecule has 98 valence electrons. The van der Waals surface area contributed by atoms with E-state index in [-0.39, 0.29) is 11.8 Å². The molecule has 4 N–H and O–H groups in total. The first-order valence-electron chi connectivity index (χ1n) is 6.20. The van der Waals surface area contributed by atoms with Crippen LogP contribution in [0.3, 0.4) is 0 Å². The Morgan fingerprint density at radius 3 is 3.00 bits per heavy atom. The van der Waals surface area contributed by atoms with E-state index in [0.29, 0.717) is 19.1 Å². The van der Waals surface area contributed by atoms with Crippen molar-refractivity contribution in [2.75, 3.05) is 11.4 Å². The van der Waals surface area contributed by atoms with Gasteiger partial charge in [-0.2, -0.15) is 5.10 Å². The van der Waals surface area contributed by atoms with Crippen molar-refractivity contribution in [3.8, 4) is 0 Å². The van der Waals surface area contributed by atoms with Crippen molar-refractivity contribution in [1.29, 1.82) is 0 Å². The fourth-order valence-corrected chi connectivity index (χ4v) is 2.39. The minimum absolute atomic E-state index is 0.117. The first-order chi connectivity index (χ1) is 8.63. The molecule has 2 rings (SSSR count). The largest absolute Gasteiger partial charge is 0.369 e. The zero-order valence-electron chi connectivity index (χ0n) is 10.5. The summed E-state index contributed by atoms with van der Waals surface area (Å²) in [6, 6.07) is 2.19. The average Bonchev–Trinajstić information content (AvgIpc) is 2.39. The van der Waals surface area contributed by atoms with Gasteiger partial charge in [-0.15, -0.1) is 5.10 Å². The average molecular weight is 249 g/mol. The highest BCUT2D eigenvalue weighted by atomic mass is 16.1. The fraction of sp³-hybridized carbons (Fsp3) is 0.583. The van der Waals surface area contributed by atoms with Gasteiger partial charge in [-0.05, 0) is 25.8 Å². The number of aromatic nitrogens is 2. The van der Waals surface area contributed by atoms with Crippen LogP contribution in [-0.4, -0.2) is 28.7 Å². The molecule has 1 aromatic heterocycles. The number of primary amides is 1. The summed E-state index contributed by atoms with van der Waals surface area (Å²) in [5, 5.41) is 8.07. The number of nitrogens with zero attached hydrogens (tertiary/aromatic N) is 3. The maximum Gasteiger partial charge on any atom is 0.222 e. The highest BCUT2D eigenvalue weighted by Crippen LogP contribution is 2.27. The van der Waals surface area contributed by atoms with Gasteiger partial charge in [0.05, 0.1) is 12.1 Å². The molecule has 1 fully saturated rings. The van der Waals surface area contributed by atoms with E-state index in [4.69, 9.17) is 11.5 Å². The number of anilines is 1. The molecule has 1 aliphatic rings. The third kappa shape index (κ3) is 2.43. The number of nitrogens with two attached hydrogens (primary N) is 2. The SMILES string of the molecule is CC1CCC(C(N)=O)CN1c1nnccc1CN. The number of hydrogen-bond acceptors (Lipinski definition) is 5. The number of rotatable bonds is 3. The maximum atomic E-state index is 11.3. The molecule has 0 aliphatic carbocycles. The van der Waals surface area contributed by atoms with E-state index in [1.165, 1.54) is 0 Å². The van der Waals surface area contributed by atoms with Gasteiger partial charge in [-0.3, -0.25) is 4.79 Å². The van der Waals surface area contributed by atoms with Gasteiger partial charge in [0.15, 0.2) is 5.82 Å². The van der Waals surface area contributed by atoms with Gasteiger partial charge in [-0.25, -0.2) is 0 Å². The highest BCUT2D eigenvalue weighted by Gasteiger charge is 2.30. The molecule has 6 nitrogen and oxygen atoms in total. The Kier molecular flexibility index (Phi) is 3.76. The van der Waals surface area contributed by atoms with Crippen molar-refractivity contribution in [3.05, 3.63) is 17.8 Å². The van der Waals surface area contributed by atoms with Crippen LogP contribution in [0.25, 0.3) is 0 Å². The zero-order valence-corrected chi connectivity index (χ0v) is 10.5. The molecule has 1 saturated heterocycles. The number of hydrogen-bond donors (Lipinski definition) is 2. The van der Waals surface area contributed by atoms with Crippen molar-refractivity contribution in [1.82, 2.24) is 10.2 Å². The molecule has 2 unspecified atom stereocenters. The van der Waals surface area contributed by atoms with Gasteiger partial charge in [0.1, 0.15) is 0 Å². The van der Waals surface area contributed by atoms with E-state index >= 15 is 0 Å². The van der Waals surface area contributed by atoms with Crippen LogP contribution in [0.5, 0.6) is 0 Å². The van der Waals surface area contributed by atoms with Crippen LogP contribution < -0.4 is 16.4 Å². The lowest BCUT2D eigenvalue weighted by Crippen LogP contribution is -2.46. The monoisotopic (exact) mass is 249 g/mol. The first kappa shape index (κ1) is 12.8. The Bertz CT molecular complexity index is 436. The zero-order chi connectivity index (χ0) is 13.1. The van der Waals surface area contributed by atoms with Crippen LogP contribution in [0.15, 0.2) is 12.3 Å². The highest BCUT2D eigenvalue weighted by molar-refractivity contribution is 5.77. The molecule has 6 heteroatoms. The van der Waals surface area contributed by atoms with Gasteiger partial charge in [0.25, 0.3) is 0 Å². The van der Waals surface area contributed by atoms with Gasteiger partial charge < -0.3 is 16.4 Å². The quantitative estimate of drug-likeness (QED) is 0.787. The van der Waals surface area contributed by atoms with Crippen LogP contribution in [0.2, 0.25) is 0 Å². The predicted molar refractivity (Wildman–Crippen MR) is 68.6 cm³/mol. The van der Waals surface area contributed by atoms with E-state index in [9.17, 15) is 4.79 Å². The van der Waals surface area contributed by atoms with E-state index in [1.807, 2.05) is 6.07 Å². The minimum Gasteiger partial charge on any atom is -0.369 e. The Balaban J connectivity index is 2.26. The second-order valence-electron chi connectivity index (χ2n) is 4.76. The molecule has 0 spiro atoms. The smallest absolute Gasteiger partial charge is 0.222 e. The Hall–Kier alpha value is -1.69. The lowest BCUT2D eigenvalue weighted by molar-refractivity contribution is -0.122. The molecular weight excluding hydrogens is 230 g/mol. The molecule has 0 bridgehead atoms. The van der Waals surface area contributed by atoms with Crippen LogP contribution in [0, 0.1) is 5.92 Å². The molecule has 0 aromatic carbocycles. The van der Waals surface area contributed by atoms with E-state index in [0.717, 1.165) is 24.2 Å². The van der Waals surface area contributed by atoms with Gasteiger partial charge in [0, 0.05) is 24.7 Å². The van der Waals surface area contributed by atoms with E-state index in [2.05, 4.69) is 22.0 Å². The summed E-state index contributed by atoms with van der Waals surface area (Å²) in [5.74, 6) is 0.414. The second kappa shape index (κ2) is 5.30. The molecule has 2 atom stereocenters. The van der Waals surface area contributed by atoms with Crippen molar-refractivity contribution < 1.29 is 4.79 Å². The predicted octanol–water partition coefficient (Wildman–Crippen LogP) is 0.0255. The molecule has 1 amide bonds. The van der Waals surface area contributed by atoms with Crippen molar-refractivity contribution in [3.63, 3.8) is 0 Å². The third-order valence-electron chi connectivity index (χ3n) is 3.56. The summed E-state index contributed by atoms with van der Waals surface area (Å²) in [6.07, 6.45) is 3.39. The maximum absolute atomic E-state index is 11.3. The second-order valence-corrected chi connectivity index (χ2v) is 4.76. The summed E-state index contributed by atoms with van der Waals surface area (Å²) in [7, 11) is 0. The summed E-state index contributed by atoms with van der Waals surface area (Å²) < 4.78 is 0. The molecule has 18 heavy (non-hydrogen) atoms. The molecular formula is C12H19N5O. The van der Waals surface area contributed by atoms with Gasteiger partial charge in [0.2, 0.25) is 5.91 Å². The first-order valence-corrected chi connectivity index (χ1v) is 6.20. The van der Waals surface area contributed by atoms with Crippen molar-refractivity contribution in [2.45, 2.75) is 32.4 Å². The Morgan fingerprint density at radius 1 is 1.56 bits per heavy atom. The number of carbonyl (C=O) groups is 1. The van der Waals surface area contributed by atoms with Crippen molar-refractivity contribution >= 4 is 11.7 Å². The van der Waals surface area contributed by atoms with Crippen LogP contribution >= 0.6 is 0 Å². The normalized spacial score (nSPS) is 24.0. The van der Waals surface area contributed by atoms with E-state index in [1.54, 1.807) is 6.20 Å². The molecule has 1 aliphatic heterocycles. The molecule has 1 aromatic rings. The Morgan fingerprint density at radius 2 is 2.33 bits per heavy atom. The number of piperidine rings is 1. The topological polar surface area (TPSA) is 98.1 Å². The Labute approximate surface area is 106 Å². The summed E-state index contributed by atoms with van der Waals surface area (Å²) >= 11 is 0. The lowest BCUT2D eigenvalue weighted by atomic mass is 9.92. The fourth-order valence-electron chi connectivity index (χ4n) is 2.39. The molecule has 2 heterocycles. The van der Waals surface area contributed by atoms with Crippen LogP contribution in [0.1, 0.15) is 25.3 Å². The van der Waals surface area contributed by atoms with Crippen LogP contribution in [0.4, 0.5) is 5.82 Å². The number of amides is 1. The van der Waals surface area contributed by atoms with E-state index < -0.39 is 0 Å². The molecule has 0 saturated carbocycles. The summed E-state index contributed by atoms with van der Waals surface area (Å²) in [6.45, 7) is 3.13. The van der Waals surface area contributed by atoms with Crippen LogP contribution in [-0.2, 0) is 11.3 Å². The standard InChI is InChI=1S/C12H19N5O/c1-8-2-3-10(11(14)18)7-17(8)12-9(6-13)4-5-15-16-12/h4-5,8,10H,2-3,6-7,13H2,1H3,(H2,14,18). The number of carbonyl (C=O) groups excluding carboxylic acids is 1. The lowest BCUT2D eigenvalue weighted by Gasteiger charge is -2.38. The van der Waals surface area contributed by atoms with Crippen molar-refractivity contribution in [2.24, 2.45) is 17.4 Å². The summed E-state index contributed by atoms with van der Waals surface area (Å²) in [4.78, 5) is 13.4. The summed E-state index contributed by atoms with van der Waals surface area (Å²) in [5.41, 5.74) is 12.1.